The van der Waals surface area contributed by atoms with Gasteiger partial charge in [-0.25, -0.2) is 0 Å². The molecule has 0 bridgehead atoms. The first-order valence-electron chi connectivity index (χ1n) is 7.14. The maximum atomic E-state index is 12.0. The molecule has 0 atom stereocenters. The molecule has 0 saturated heterocycles. The molecular weight excluding hydrogens is 279 g/mol. The number of rotatable bonds is 7. The Hall–Kier alpha value is -1.07. The van der Waals surface area contributed by atoms with Gasteiger partial charge in [0.1, 0.15) is 0 Å². The quantitative estimate of drug-likeness (QED) is 0.752. The van der Waals surface area contributed by atoms with Crippen molar-refractivity contribution in [3.63, 3.8) is 0 Å². The lowest BCUT2D eigenvalue weighted by atomic mass is 10.1. The van der Waals surface area contributed by atoms with Crippen LogP contribution < -0.4 is 5.32 Å². The van der Waals surface area contributed by atoms with Crippen molar-refractivity contribution in [3.8, 4) is 0 Å². The third kappa shape index (κ3) is 8.73. The van der Waals surface area contributed by atoms with E-state index in [1.54, 1.807) is 0 Å². The number of benzene rings is 1. The van der Waals surface area contributed by atoms with Crippen LogP contribution in [-0.2, 0) is 17.9 Å². The fourth-order valence-corrected chi connectivity index (χ4v) is 1.79. The lowest BCUT2D eigenvalue weighted by Crippen LogP contribution is -2.35. The fraction of sp³-hybridized carbons (Fsp3) is 0.625. The first kappa shape index (κ1) is 18.0. The van der Waals surface area contributed by atoms with E-state index in [0.717, 1.165) is 11.1 Å². The molecule has 0 aromatic heterocycles. The zero-order chi connectivity index (χ0) is 15.9. The van der Waals surface area contributed by atoms with Gasteiger partial charge < -0.3 is 10.1 Å². The number of hydrogen-bond acceptors (Lipinski definition) is 2. The molecule has 0 amide bonds. The molecule has 0 aliphatic rings. The van der Waals surface area contributed by atoms with Crippen LogP contribution in [0.1, 0.15) is 44.7 Å². The Morgan fingerprint density at radius 2 is 1.67 bits per heavy atom. The molecule has 0 aliphatic carbocycles. The van der Waals surface area contributed by atoms with Crippen molar-refractivity contribution in [2.24, 2.45) is 0 Å². The summed E-state index contributed by atoms with van der Waals surface area (Å²) in [6.07, 6.45) is -4.88. The smallest absolute Gasteiger partial charge is 0.377 e. The van der Waals surface area contributed by atoms with Gasteiger partial charge in [-0.05, 0) is 38.3 Å². The van der Waals surface area contributed by atoms with E-state index in [-0.39, 0.29) is 18.6 Å². The largest absolute Gasteiger partial charge is 0.389 e. The second-order valence-corrected chi connectivity index (χ2v) is 6.14. The summed E-state index contributed by atoms with van der Waals surface area (Å²) in [4.78, 5) is 0. The van der Waals surface area contributed by atoms with Gasteiger partial charge in [-0.3, -0.25) is 0 Å². The molecule has 21 heavy (non-hydrogen) atoms. The van der Waals surface area contributed by atoms with Crippen LogP contribution in [0.2, 0.25) is 0 Å². The van der Waals surface area contributed by atoms with Crippen LogP contribution in [-0.4, -0.2) is 18.3 Å². The van der Waals surface area contributed by atoms with Crippen molar-refractivity contribution in [1.29, 1.82) is 0 Å². The molecule has 1 aromatic rings. The molecule has 5 heteroatoms. The van der Waals surface area contributed by atoms with Gasteiger partial charge in [-0.2, -0.15) is 13.2 Å². The number of hydrogen-bond donors (Lipinski definition) is 1. The summed E-state index contributed by atoms with van der Waals surface area (Å²) in [5, 5.41) is 3.40. The zero-order valence-electron chi connectivity index (χ0n) is 12.9. The minimum Gasteiger partial charge on any atom is -0.377 e. The van der Waals surface area contributed by atoms with Crippen molar-refractivity contribution in [2.45, 2.75) is 58.5 Å². The first-order valence-corrected chi connectivity index (χ1v) is 7.14. The highest BCUT2D eigenvalue weighted by molar-refractivity contribution is 5.26. The SMILES string of the molecule is CC(C)(C)NCc1ccccc1COCCCC(F)(F)F. The van der Waals surface area contributed by atoms with E-state index >= 15 is 0 Å². The Kier molecular flexibility index (Phi) is 6.68. The third-order valence-electron chi connectivity index (χ3n) is 2.93. The maximum absolute atomic E-state index is 12.0. The number of ether oxygens (including phenoxy) is 1. The second kappa shape index (κ2) is 7.80. The van der Waals surface area contributed by atoms with E-state index in [1.807, 2.05) is 24.3 Å². The topological polar surface area (TPSA) is 21.3 Å². The van der Waals surface area contributed by atoms with E-state index < -0.39 is 12.6 Å². The van der Waals surface area contributed by atoms with Gasteiger partial charge in [-0.15, -0.1) is 0 Å². The van der Waals surface area contributed by atoms with Crippen LogP contribution in [0, 0.1) is 0 Å². The molecule has 0 spiro atoms. The predicted molar refractivity (Wildman–Crippen MR) is 78.0 cm³/mol. The molecule has 0 saturated carbocycles. The second-order valence-electron chi connectivity index (χ2n) is 6.14. The average Bonchev–Trinajstić information content (AvgIpc) is 2.35. The average molecular weight is 303 g/mol. The fourth-order valence-electron chi connectivity index (χ4n) is 1.79. The minimum atomic E-state index is -4.10. The van der Waals surface area contributed by atoms with Crippen molar-refractivity contribution < 1.29 is 17.9 Å². The summed E-state index contributed by atoms with van der Waals surface area (Å²) < 4.78 is 41.4. The van der Waals surface area contributed by atoms with Crippen LogP contribution in [0.4, 0.5) is 13.2 Å². The van der Waals surface area contributed by atoms with E-state index in [0.29, 0.717) is 13.2 Å². The monoisotopic (exact) mass is 303 g/mol. The molecule has 1 rings (SSSR count). The number of nitrogens with one attached hydrogen (secondary N) is 1. The van der Waals surface area contributed by atoms with E-state index in [9.17, 15) is 13.2 Å². The third-order valence-corrected chi connectivity index (χ3v) is 2.93. The van der Waals surface area contributed by atoms with Gasteiger partial charge in [-0.1, -0.05) is 24.3 Å². The summed E-state index contributed by atoms with van der Waals surface area (Å²) in [5.41, 5.74) is 2.14. The summed E-state index contributed by atoms with van der Waals surface area (Å²) in [6.45, 7) is 7.45. The lowest BCUT2D eigenvalue weighted by molar-refractivity contribution is -0.138. The Balaban J connectivity index is 2.41. The van der Waals surface area contributed by atoms with Crippen molar-refractivity contribution in [1.82, 2.24) is 5.32 Å². The molecule has 0 heterocycles. The highest BCUT2D eigenvalue weighted by atomic mass is 19.4. The van der Waals surface area contributed by atoms with E-state index in [1.165, 1.54) is 0 Å². The van der Waals surface area contributed by atoms with Crippen LogP contribution in [0.3, 0.4) is 0 Å². The van der Waals surface area contributed by atoms with Crippen molar-refractivity contribution in [2.75, 3.05) is 6.61 Å². The Labute approximate surface area is 124 Å². The zero-order valence-corrected chi connectivity index (χ0v) is 12.9. The van der Waals surface area contributed by atoms with E-state index in [4.69, 9.17) is 4.74 Å². The van der Waals surface area contributed by atoms with Gasteiger partial charge in [0.2, 0.25) is 0 Å². The predicted octanol–water partition coefficient (Wildman–Crippen LogP) is 4.43. The molecule has 2 nitrogen and oxygen atoms in total. The molecule has 0 unspecified atom stereocenters. The van der Waals surface area contributed by atoms with E-state index in [2.05, 4.69) is 26.1 Å². The summed E-state index contributed by atoms with van der Waals surface area (Å²) >= 11 is 0. The Bertz CT molecular complexity index is 424. The van der Waals surface area contributed by atoms with Crippen molar-refractivity contribution >= 4 is 0 Å². The van der Waals surface area contributed by atoms with Gasteiger partial charge in [0.05, 0.1) is 6.61 Å². The Morgan fingerprint density at radius 3 is 2.24 bits per heavy atom. The normalized spacial score (nSPS) is 12.7. The van der Waals surface area contributed by atoms with Crippen LogP contribution in [0.5, 0.6) is 0 Å². The number of halogens is 3. The summed E-state index contributed by atoms with van der Waals surface area (Å²) in [5.74, 6) is 0. The molecule has 120 valence electrons. The number of alkyl halides is 3. The van der Waals surface area contributed by atoms with Gasteiger partial charge in [0, 0.05) is 25.1 Å². The molecule has 1 aromatic carbocycles. The first-order chi connectivity index (χ1) is 9.67. The molecular formula is C16H24F3NO. The summed E-state index contributed by atoms with van der Waals surface area (Å²) in [6, 6.07) is 7.82. The standard InChI is InChI=1S/C16H24F3NO/c1-15(2,3)20-11-13-7-4-5-8-14(13)12-21-10-6-9-16(17,18)19/h4-5,7-8,20H,6,9-12H2,1-3H3. The summed E-state index contributed by atoms with van der Waals surface area (Å²) in [7, 11) is 0. The van der Waals surface area contributed by atoms with Crippen molar-refractivity contribution in [3.05, 3.63) is 35.4 Å². The van der Waals surface area contributed by atoms with Gasteiger partial charge in [0.25, 0.3) is 0 Å². The van der Waals surface area contributed by atoms with Gasteiger partial charge >= 0.3 is 6.18 Å². The molecule has 0 aliphatic heterocycles. The maximum Gasteiger partial charge on any atom is 0.389 e. The van der Waals surface area contributed by atoms with Crippen LogP contribution in [0.25, 0.3) is 0 Å². The Morgan fingerprint density at radius 1 is 1.05 bits per heavy atom. The molecule has 0 radical (unpaired) electrons. The molecule has 0 fully saturated rings. The molecule has 1 N–H and O–H groups in total. The van der Waals surface area contributed by atoms with Crippen LogP contribution in [0.15, 0.2) is 24.3 Å². The highest BCUT2D eigenvalue weighted by Gasteiger charge is 2.25. The highest BCUT2D eigenvalue weighted by Crippen LogP contribution is 2.21. The van der Waals surface area contributed by atoms with Gasteiger partial charge in [0.15, 0.2) is 0 Å². The lowest BCUT2D eigenvalue weighted by Gasteiger charge is -2.21. The minimum absolute atomic E-state index is 0.00586. The van der Waals surface area contributed by atoms with Crippen LogP contribution >= 0.6 is 0 Å².